The van der Waals surface area contributed by atoms with Gasteiger partial charge in [0.1, 0.15) is 11.9 Å². The summed E-state index contributed by atoms with van der Waals surface area (Å²) in [6.45, 7) is 0. The van der Waals surface area contributed by atoms with Crippen LogP contribution in [0.15, 0.2) is 42.5 Å². The highest BCUT2D eigenvalue weighted by molar-refractivity contribution is 5.40. The molecule has 2 aromatic rings. The fourth-order valence-electron chi connectivity index (χ4n) is 2.77. The first-order valence-electron chi connectivity index (χ1n) is 6.71. The number of aliphatic hydroxyl groups is 1. The molecule has 1 aliphatic rings. The summed E-state index contributed by atoms with van der Waals surface area (Å²) in [6.07, 6.45) is 2.95. The topological polar surface area (TPSA) is 29.5 Å². The van der Waals surface area contributed by atoms with Crippen molar-refractivity contribution >= 4 is 0 Å². The SMILES string of the molecule is COc1cccc(C(O)c2ccc3c(c2)CCC3)c1. The van der Waals surface area contributed by atoms with Gasteiger partial charge in [0.05, 0.1) is 7.11 Å². The van der Waals surface area contributed by atoms with Crippen molar-refractivity contribution in [3.63, 3.8) is 0 Å². The number of methoxy groups -OCH3 is 1. The Morgan fingerprint density at radius 2 is 1.79 bits per heavy atom. The van der Waals surface area contributed by atoms with E-state index in [4.69, 9.17) is 4.74 Å². The van der Waals surface area contributed by atoms with E-state index in [9.17, 15) is 5.11 Å². The summed E-state index contributed by atoms with van der Waals surface area (Å²) in [7, 11) is 1.64. The van der Waals surface area contributed by atoms with Gasteiger partial charge in [-0.3, -0.25) is 0 Å². The first-order valence-corrected chi connectivity index (χ1v) is 6.71. The minimum Gasteiger partial charge on any atom is -0.497 e. The maximum Gasteiger partial charge on any atom is 0.119 e. The quantitative estimate of drug-likeness (QED) is 0.911. The molecule has 98 valence electrons. The summed E-state index contributed by atoms with van der Waals surface area (Å²) < 4.78 is 5.20. The van der Waals surface area contributed by atoms with Crippen molar-refractivity contribution in [3.8, 4) is 5.75 Å². The van der Waals surface area contributed by atoms with Crippen LogP contribution in [0.2, 0.25) is 0 Å². The van der Waals surface area contributed by atoms with Gasteiger partial charge in [0.25, 0.3) is 0 Å². The van der Waals surface area contributed by atoms with E-state index in [1.807, 2.05) is 30.3 Å². The number of fused-ring (bicyclic) bond motifs is 1. The van der Waals surface area contributed by atoms with Crippen LogP contribution < -0.4 is 4.74 Å². The molecule has 2 heteroatoms. The molecule has 2 nitrogen and oxygen atoms in total. The van der Waals surface area contributed by atoms with E-state index in [-0.39, 0.29) is 0 Å². The molecule has 2 aromatic carbocycles. The molecule has 0 aromatic heterocycles. The molecular formula is C17H18O2. The van der Waals surface area contributed by atoms with E-state index in [0.29, 0.717) is 0 Å². The molecule has 0 fully saturated rings. The number of benzene rings is 2. The lowest BCUT2D eigenvalue weighted by atomic mass is 9.98. The van der Waals surface area contributed by atoms with Gasteiger partial charge in [-0.25, -0.2) is 0 Å². The molecule has 0 saturated carbocycles. The van der Waals surface area contributed by atoms with Crippen LogP contribution in [0.4, 0.5) is 0 Å². The van der Waals surface area contributed by atoms with Crippen LogP contribution in [0.1, 0.15) is 34.8 Å². The molecular weight excluding hydrogens is 236 g/mol. The predicted molar refractivity (Wildman–Crippen MR) is 75.5 cm³/mol. The number of hydrogen-bond acceptors (Lipinski definition) is 2. The van der Waals surface area contributed by atoms with Crippen molar-refractivity contribution in [1.29, 1.82) is 0 Å². The molecule has 0 saturated heterocycles. The van der Waals surface area contributed by atoms with Crippen LogP contribution in [-0.2, 0) is 12.8 Å². The summed E-state index contributed by atoms with van der Waals surface area (Å²) in [5, 5.41) is 10.5. The predicted octanol–water partition coefficient (Wildman–Crippen LogP) is 3.27. The lowest BCUT2D eigenvalue weighted by molar-refractivity contribution is 0.219. The van der Waals surface area contributed by atoms with E-state index >= 15 is 0 Å². The normalized spacial score (nSPS) is 15.1. The van der Waals surface area contributed by atoms with Crippen LogP contribution >= 0.6 is 0 Å². The number of hydrogen-bond donors (Lipinski definition) is 1. The lowest BCUT2D eigenvalue weighted by Gasteiger charge is -2.14. The van der Waals surface area contributed by atoms with Gasteiger partial charge < -0.3 is 9.84 Å². The zero-order chi connectivity index (χ0) is 13.2. The van der Waals surface area contributed by atoms with Crippen LogP contribution in [0, 0.1) is 0 Å². The first kappa shape index (κ1) is 12.2. The third kappa shape index (κ3) is 2.36. The standard InChI is InChI=1S/C17H18O2/c1-19-16-7-3-6-14(11-16)17(18)15-9-8-12-4-2-5-13(12)10-15/h3,6-11,17-18H,2,4-5H2,1H3. The lowest BCUT2D eigenvalue weighted by Crippen LogP contribution is -2.01. The number of aliphatic hydroxyl groups excluding tert-OH is 1. The summed E-state index contributed by atoms with van der Waals surface area (Å²) in [4.78, 5) is 0. The fourth-order valence-corrected chi connectivity index (χ4v) is 2.77. The molecule has 0 bridgehead atoms. The molecule has 0 aliphatic heterocycles. The van der Waals surface area contributed by atoms with E-state index < -0.39 is 6.10 Å². The Morgan fingerprint density at radius 1 is 1.00 bits per heavy atom. The molecule has 3 rings (SSSR count). The van der Waals surface area contributed by atoms with Gasteiger partial charge in [0.2, 0.25) is 0 Å². The van der Waals surface area contributed by atoms with Crippen LogP contribution in [-0.4, -0.2) is 12.2 Å². The minimum absolute atomic E-state index is 0.582. The van der Waals surface area contributed by atoms with Crippen LogP contribution in [0.3, 0.4) is 0 Å². The van der Waals surface area contributed by atoms with Gasteiger partial charge in [-0.15, -0.1) is 0 Å². The van der Waals surface area contributed by atoms with E-state index in [1.54, 1.807) is 7.11 Å². The monoisotopic (exact) mass is 254 g/mol. The molecule has 1 unspecified atom stereocenters. The van der Waals surface area contributed by atoms with Gasteiger partial charge in [0, 0.05) is 0 Å². The van der Waals surface area contributed by atoms with Gasteiger partial charge >= 0.3 is 0 Å². The largest absolute Gasteiger partial charge is 0.497 e. The van der Waals surface area contributed by atoms with Gasteiger partial charge in [0.15, 0.2) is 0 Å². The van der Waals surface area contributed by atoms with Crippen molar-refractivity contribution in [2.75, 3.05) is 7.11 Å². The molecule has 0 radical (unpaired) electrons. The summed E-state index contributed by atoms with van der Waals surface area (Å²) in [6, 6.07) is 13.9. The maximum absolute atomic E-state index is 10.5. The van der Waals surface area contributed by atoms with Gasteiger partial charge in [-0.05, 0) is 53.6 Å². The number of rotatable bonds is 3. The minimum atomic E-state index is -0.582. The van der Waals surface area contributed by atoms with E-state index in [0.717, 1.165) is 23.3 Å². The average molecular weight is 254 g/mol. The summed E-state index contributed by atoms with van der Waals surface area (Å²) in [5.74, 6) is 0.776. The molecule has 1 N–H and O–H groups in total. The Morgan fingerprint density at radius 3 is 2.63 bits per heavy atom. The molecule has 1 aliphatic carbocycles. The summed E-state index contributed by atoms with van der Waals surface area (Å²) >= 11 is 0. The van der Waals surface area contributed by atoms with Gasteiger partial charge in [-0.1, -0.05) is 30.3 Å². The van der Waals surface area contributed by atoms with Crippen molar-refractivity contribution in [3.05, 3.63) is 64.7 Å². The second-order valence-electron chi connectivity index (χ2n) is 5.06. The summed E-state index contributed by atoms with van der Waals surface area (Å²) in [5.41, 5.74) is 4.66. The average Bonchev–Trinajstić information content (AvgIpc) is 2.94. The first-order chi connectivity index (χ1) is 9.28. The Bertz CT molecular complexity index is 590. The molecule has 1 atom stereocenters. The van der Waals surface area contributed by atoms with Gasteiger partial charge in [-0.2, -0.15) is 0 Å². The van der Waals surface area contributed by atoms with Crippen LogP contribution in [0.25, 0.3) is 0 Å². The highest BCUT2D eigenvalue weighted by atomic mass is 16.5. The molecule has 0 heterocycles. The Kier molecular flexibility index (Phi) is 3.26. The number of ether oxygens (including phenoxy) is 1. The molecule has 0 spiro atoms. The van der Waals surface area contributed by atoms with Crippen molar-refractivity contribution in [2.45, 2.75) is 25.4 Å². The zero-order valence-corrected chi connectivity index (χ0v) is 11.1. The highest BCUT2D eigenvalue weighted by Crippen LogP contribution is 2.29. The highest BCUT2D eigenvalue weighted by Gasteiger charge is 2.16. The van der Waals surface area contributed by atoms with Crippen molar-refractivity contribution in [1.82, 2.24) is 0 Å². The van der Waals surface area contributed by atoms with E-state index in [2.05, 4.69) is 12.1 Å². The second-order valence-corrected chi connectivity index (χ2v) is 5.06. The Labute approximate surface area is 113 Å². The zero-order valence-electron chi connectivity index (χ0n) is 11.1. The maximum atomic E-state index is 10.5. The van der Waals surface area contributed by atoms with Crippen molar-refractivity contribution < 1.29 is 9.84 Å². The van der Waals surface area contributed by atoms with Crippen LogP contribution in [0.5, 0.6) is 5.75 Å². The second kappa shape index (κ2) is 5.06. The smallest absolute Gasteiger partial charge is 0.119 e. The Balaban J connectivity index is 1.92. The Hall–Kier alpha value is -1.80. The fraction of sp³-hybridized carbons (Fsp3) is 0.294. The third-order valence-electron chi connectivity index (χ3n) is 3.85. The molecule has 0 amide bonds. The van der Waals surface area contributed by atoms with E-state index in [1.165, 1.54) is 24.0 Å². The molecule has 19 heavy (non-hydrogen) atoms. The number of aryl methyl sites for hydroxylation is 2. The van der Waals surface area contributed by atoms with Crippen molar-refractivity contribution in [2.24, 2.45) is 0 Å². The third-order valence-corrected chi connectivity index (χ3v) is 3.85.